The number of thiocyanates is 2. The first-order valence-corrected chi connectivity index (χ1v) is 3.66. The molecule has 8 heavy (non-hydrogen) atoms. The maximum absolute atomic E-state index is 8.05. The predicted molar refractivity (Wildman–Crippen MR) is 36.0 cm³/mol. The molecule has 0 saturated carbocycles. The van der Waals surface area contributed by atoms with Crippen molar-refractivity contribution in [1.82, 2.24) is 0 Å². The van der Waals surface area contributed by atoms with Crippen LogP contribution in [0.25, 0.3) is 0 Å². The van der Waals surface area contributed by atoms with Crippen molar-refractivity contribution >= 4 is 41.2 Å². The second-order valence-electron chi connectivity index (χ2n) is 0.986. The van der Waals surface area contributed by atoms with Crippen molar-refractivity contribution in [3.05, 3.63) is 0 Å². The van der Waals surface area contributed by atoms with Crippen molar-refractivity contribution < 1.29 is 0 Å². The molecule has 0 N–H and O–H groups in total. The first-order valence-electron chi connectivity index (χ1n) is 1.90. The van der Waals surface area contributed by atoms with E-state index in [0.29, 0.717) is 0 Å². The fourth-order valence-electron chi connectivity index (χ4n) is 0.172. The molecule has 0 aliphatic rings. The van der Waals surface area contributed by atoms with Gasteiger partial charge in [0.2, 0.25) is 0 Å². The number of rotatable bonds is 2. The molecule has 0 heterocycles. The van der Waals surface area contributed by atoms with E-state index in [2.05, 4.69) is 0 Å². The number of hydrogen-bond donors (Lipinski definition) is 0. The van der Waals surface area contributed by atoms with Crippen molar-refractivity contribution in [2.75, 3.05) is 0 Å². The number of thioether (sulfide) groups is 2. The zero-order valence-electron chi connectivity index (χ0n) is 4.29. The van der Waals surface area contributed by atoms with E-state index in [1.165, 1.54) is 0 Å². The molecule has 0 unspecified atom stereocenters. The molecule has 0 aromatic carbocycles. The molecular weight excluding hydrogens is 135 g/mol. The van der Waals surface area contributed by atoms with Crippen molar-refractivity contribution in [3.63, 3.8) is 0 Å². The van der Waals surface area contributed by atoms with Gasteiger partial charge >= 0.3 is 65.8 Å². The van der Waals surface area contributed by atoms with Crippen LogP contribution in [0, 0.1) is 21.3 Å². The van der Waals surface area contributed by atoms with Gasteiger partial charge in [0.05, 0.1) is 0 Å². The summed E-state index contributed by atoms with van der Waals surface area (Å²) in [5.74, 6) is 0. The van der Waals surface area contributed by atoms with E-state index < -0.39 is 0 Å². The maximum atomic E-state index is 8.05. The predicted octanol–water partition coefficient (Wildman–Crippen LogP) is 0.867. The SMILES string of the molecule is [Li][CH](SC#N)SC#N. The summed E-state index contributed by atoms with van der Waals surface area (Å²) in [6, 6.07) is 0. The van der Waals surface area contributed by atoms with E-state index >= 15 is 0 Å². The normalized spacial score (nSPS) is 8.12. The second kappa shape index (κ2) is 5.41. The number of nitriles is 2. The van der Waals surface area contributed by atoms with Gasteiger partial charge in [-0.1, -0.05) is 0 Å². The average molecular weight is 136 g/mol. The Balaban J connectivity index is 3.25. The molecule has 0 amide bonds. The Labute approximate surface area is 65.8 Å². The summed E-state index contributed by atoms with van der Waals surface area (Å²) in [6.07, 6.45) is 0. The molecule has 0 radical (unpaired) electrons. The quantitative estimate of drug-likeness (QED) is 0.321. The third kappa shape index (κ3) is 4.44. The Bertz CT molecular complexity index is 119. The fourth-order valence-corrected chi connectivity index (χ4v) is 0.920. The van der Waals surface area contributed by atoms with Crippen molar-refractivity contribution in [2.24, 2.45) is 0 Å². The molecule has 0 aliphatic carbocycles. The van der Waals surface area contributed by atoms with Crippen LogP contribution in [-0.4, -0.2) is 21.0 Å². The zero-order chi connectivity index (χ0) is 6.41. The molecule has 0 fully saturated rings. The van der Waals surface area contributed by atoms with Gasteiger partial charge in [-0.15, -0.1) is 0 Å². The van der Waals surface area contributed by atoms with Crippen molar-refractivity contribution in [1.29, 1.82) is 10.5 Å². The second-order valence-corrected chi connectivity index (χ2v) is 3.54. The van der Waals surface area contributed by atoms with Gasteiger partial charge in [0.25, 0.3) is 0 Å². The van der Waals surface area contributed by atoms with Gasteiger partial charge in [0, 0.05) is 0 Å². The summed E-state index contributed by atoms with van der Waals surface area (Å²) >= 11 is 4.02. The van der Waals surface area contributed by atoms with Gasteiger partial charge < -0.3 is 0 Å². The first kappa shape index (κ1) is 8.28. The standard InChI is InChI=1S/C3HN2S2.Li/c4-1-6-3-7-2-5;/h3H;. The number of nitrogens with zero attached hydrogens (tertiary/aromatic N) is 2. The van der Waals surface area contributed by atoms with Gasteiger partial charge in [-0.2, -0.15) is 0 Å². The third-order valence-electron chi connectivity index (χ3n) is 0.437. The van der Waals surface area contributed by atoms with E-state index in [-0.39, 0.29) is 3.26 Å². The van der Waals surface area contributed by atoms with Gasteiger partial charge in [-0.25, -0.2) is 0 Å². The Morgan fingerprint density at radius 3 is 1.88 bits per heavy atom. The monoisotopic (exact) mass is 136 g/mol. The summed E-state index contributed by atoms with van der Waals surface area (Å²) in [7, 11) is 0. The van der Waals surface area contributed by atoms with Crippen LogP contribution in [0.5, 0.6) is 0 Å². The summed E-state index contributed by atoms with van der Waals surface area (Å²) in [6.45, 7) is 0. The van der Waals surface area contributed by atoms with E-state index in [0.717, 1.165) is 23.5 Å². The molecule has 0 bridgehead atoms. The van der Waals surface area contributed by atoms with Crippen LogP contribution in [0.15, 0.2) is 0 Å². The van der Waals surface area contributed by atoms with Crippen LogP contribution < -0.4 is 0 Å². The molecule has 2 nitrogen and oxygen atoms in total. The molecule has 0 aliphatic heterocycles. The van der Waals surface area contributed by atoms with Crippen LogP contribution in [0.2, 0.25) is 0 Å². The molecule has 0 atom stereocenters. The molecule has 5 heteroatoms. The molecule has 0 rings (SSSR count). The van der Waals surface area contributed by atoms with Crippen LogP contribution in [0.1, 0.15) is 0 Å². The van der Waals surface area contributed by atoms with Crippen LogP contribution in [-0.2, 0) is 0 Å². The summed E-state index contributed by atoms with van der Waals surface area (Å²) in [4.78, 5) is 0. The van der Waals surface area contributed by atoms with Crippen LogP contribution >= 0.6 is 23.5 Å². The zero-order valence-corrected chi connectivity index (χ0v) is 5.92. The average Bonchev–Trinajstić information content (AvgIpc) is 1.68. The first-order chi connectivity index (χ1) is 3.81. The van der Waals surface area contributed by atoms with Crippen molar-refractivity contribution in [2.45, 2.75) is 3.26 Å². The van der Waals surface area contributed by atoms with E-state index in [1.54, 1.807) is 0 Å². The van der Waals surface area contributed by atoms with Crippen molar-refractivity contribution in [3.8, 4) is 10.8 Å². The van der Waals surface area contributed by atoms with E-state index in [4.69, 9.17) is 10.5 Å². The van der Waals surface area contributed by atoms with E-state index in [9.17, 15) is 0 Å². The Morgan fingerprint density at radius 1 is 1.25 bits per heavy atom. The van der Waals surface area contributed by atoms with Gasteiger partial charge in [-0.3, -0.25) is 0 Å². The molecule has 0 saturated heterocycles. The molecule has 0 aromatic heterocycles. The Hall–Kier alpha value is 0.277. The molecular formula is C3HLiN2S2. The van der Waals surface area contributed by atoms with Gasteiger partial charge in [0.1, 0.15) is 0 Å². The van der Waals surface area contributed by atoms with E-state index in [1.807, 2.05) is 28.5 Å². The van der Waals surface area contributed by atoms with Crippen LogP contribution in [0.3, 0.4) is 0 Å². The summed E-state index contributed by atoms with van der Waals surface area (Å²) in [5, 5.41) is 19.9. The minimum atomic E-state index is 0.0741. The Morgan fingerprint density at radius 2 is 1.62 bits per heavy atom. The summed E-state index contributed by atoms with van der Waals surface area (Å²) in [5.41, 5.74) is 0. The van der Waals surface area contributed by atoms with Crippen LogP contribution in [0.4, 0.5) is 0 Å². The molecule has 0 aromatic rings. The molecule has 0 spiro atoms. The van der Waals surface area contributed by atoms with Gasteiger partial charge in [0.15, 0.2) is 0 Å². The minimum absolute atomic E-state index is 0.0741. The Kier molecular flexibility index (Phi) is 5.60. The third-order valence-corrected chi connectivity index (χ3v) is 1.89. The molecule has 36 valence electrons. The topological polar surface area (TPSA) is 47.6 Å². The van der Waals surface area contributed by atoms with Gasteiger partial charge in [-0.05, 0) is 0 Å². The summed E-state index contributed by atoms with van der Waals surface area (Å²) < 4.78 is 0.0741. The number of hydrogen-bond acceptors (Lipinski definition) is 4. The fraction of sp³-hybridized carbons (Fsp3) is 0.333.